The smallest absolute Gasteiger partial charge is 0.273 e. The van der Waals surface area contributed by atoms with Crippen LogP contribution < -0.4 is 5.32 Å². The van der Waals surface area contributed by atoms with Crippen LogP contribution in [0.3, 0.4) is 0 Å². The number of nitrogens with one attached hydrogen (secondary N) is 1. The van der Waals surface area contributed by atoms with Crippen LogP contribution in [0.2, 0.25) is 0 Å². The van der Waals surface area contributed by atoms with Gasteiger partial charge in [0.15, 0.2) is 0 Å². The number of nitrogens with zero attached hydrogens (tertiary/aromatic N) is 2. The molecule has 1 saturated heterocycles. The van der Waals surface area contributed by atoms with Gasteiger partial charge in [0, 0.05) is 37.0 Å². The molecular formula is C17H23Cl2N3OS. The second kappa shape index (κ2) is 9.37. The lowest BCUT2D eigenvalue weighted by Gasteiger charge is -2.38. The van der Waals surface area contributed by atoms with Crippen LogP contribution in [0, 0.1) is 0 Å². The molecular weight excluding hydrogens is 365 g/mol. The van der Waals surface area contributed by atoms with E-state index in [0.29, 0.717) is 11.7 Å². The van der Waals surface area contributed by atoms with Crippen LogP contribution in [-0.2, 0) is 6.42 Å². The van der Waals surface area contributed by atoms with Crippen molar-refractivity contribution in [1.29, 1.82) is 0 Å². The quantitative estimate of drug-likeness (QED) is 0.877. The maximum absolute atomic E-state index is 12.7. The Morgan fingerprint density at radius 1 is 1.29 bits per heavy atom. The van der Waals surface area contributed by atoms with Crippen molar-refractivity contribution in [3.8, 4) is 0 Å². The van der Waals surface area contributed by atoms with Gasteiger partial charge in [0.05, 0.1) is 5.01 Å². The number of hydrogen-bond donors (Lipinski definition) is 1. The monoisotopic (exact) mass is 387 g/mol. The Labute approximate surface area is 159 Å². The second-order valence-corrected chi connectivity index (χ2v) is 6.71. The third-order valence-corrected chi connectivity index (χ3v) is 5.11. The lowest BCUT2D eigenvalue weighted by atomic mass is 10.1. The molecule has 2 atom stereocenters. The summed E-state index contributed by atoms with van der Waals surface area (Å²) in [6, 6.07) is 10.7. The molecule has 1 aliphatic rings. The summed E-state index contributed by atoms with van der Waals surface area (Å²) < 4.78 is 0. The fourth-order valence-corrected chi connectivity index (χ4v) is 3.55. The predicted molar refractivity (Wildman–Crippen MR) is 104 cm³/mol. The van der Waals surface area contributed by atoms with E-state index in [2.05, 4.69) is 36.3 Å². The molecule has 1 aromatic carbocycles. The van der Waals surface area contributed by atoms with Gasteiger partial charge in [0.1, 0.15) is 5.69 Å². The van der Waals surface area contributed by atoms with Crippen molar-refractivity contribution in [3.63, 3.8) is 0 Å². The third kappa shape index (κ3) is 4.70. The maximum atomic E-state index is 12.7. The lowest BCUT2D eigenvalue weighted by molar-refractivity contribution is 0.0597. The number of carbonyl (C=O) groups is 1. The number of carbonyl (C=O) groups excluding carboxylic acids is 1. The van der Waals surface area contributed by atoms with Crippen LogP contribution in [0.5, 0.6) is 0 Å². The van der Waals surface area contributed by atoms with Gasteiger partial charge < -0.3 is 10.2 Å². The van der Waals surface area contributed by atoms with E-state index in [9.17, 15) is 4.79 Å². The molecule has 4 nitrogen and oxygen atoms in total. The van der Waals surface area contributed by atoms with E-state index in [-0.39, 0.29) is 36.8 Å². The SMILES string of the molecule is CC1NCCN(C(=O)c2csc(Cc3ccccc3)n2)C1C.Cl.Cl. The molecule has 1 aliphatic heterocycles. The Bertz CT molecular complexity index is 650. The first-order valence-electron chi connectivity index (χ1n) is 7.68. The number of rotatable bonds is 3. The fraction of sp³-hybridized carbons (Fsp3) is 0.412. The summed E-state index contributed by atoms with van der Waals surface area (Å²) in [4.78, 5) is 19.1. The maximum Gasteiger partial charge on any atom is 0.273 e. The van der Waals surface area contributed by atoms with Crippen molar-refractivity contribution in [2.75, 3.05) is 13.1 Å². The van der Waals surface area contributed by atoms with Crippen LogP contribution in [0.4, 0.5) is 0 Å². The molecule has 1 aromatic heterocycles. The molecule has 0 spiro atoms. The lowest BCUT2D eigenvalue weighted by Crippen LogP contribution is -2.57. The summed E-state index contributed by atoms with van der Waals surface area (Å²) in [5, 5.41) is 6.27. The zero-order chi connectivity index (χ0) is 15.5. The number of thiazole rings is 1. The highest BCUT2D eigenvalue weighted by Crippen LogP contribution is 2.18. The summed E-state index contributed by atoms with van der Waals surface area (Å²) in [5.41, 5.74) is 1.80. The van der Waals surface area contributed by atoms with E-state index in [1.54, 1.807) is 11.3 Å². The number of piperazine rings is 1. The van der Waals surface area contributed by atoms with Gasteiger partial charge in [-0.2, -0.15) is 0 Å². The summed E-state index contributed by atoms with van der Waals surface area (Å²) in [5.74, 6) is 0.0522. The Balaban J connectivity index is 0.00000144. The van der Waals surface area contributed by atoms with E-state index in [1.165, 1.54) is 5.56 Å². The first-order valence-corrected chi connectivity index (χ1v) is 8.56. The van der Waals surface area contributed by atoms with Crippen molar-refractivity contribution in [3.05, 3.63) is 52.0 Å². The molecule has 2 unspecified atom stereocenters. The first-order chi connectivity index (χ1) is 10.6. The average Bonchev–Trinajstić information content (AvgIpc) is 2.99. The van der Waals surface area contributed by atoms with Gasteiger partial charge in [0.2, 0.25) is 0 Å². The fourth-order valence-electron chi connectivity index (χ4n) is 2.75. The number of halogens is 2. The molecule has 24 heavy (non-hydrogen) atoms. The van der Waals surface area contributed by atoms with Crippen molar-refractivity contribution >= 4 is 42.1 Å². The second-order valence-electron chi connectivity index (χ2n) is 5.77. The van der Waals surface area contributed by atoms with Crippen LogP contribution >= 0.6 is 36.2 Å². The standard InChI is InChI=1S/C17H21N3OS.2ClH/c1-12-13(2)20(9-8-18-12)17(21)15-11-22-16(19-15)10-14-6-4-3-5-7-14;;/h3-7,11-13,18H,8-10H2,1-2H3;2*1H. The van der Waals surface area contributed by atoms with Gasteiger partial charge in [-0.25, -0.2) is 4.98 Å². The first kappa shape index (κ1) is 20.9. The summed E-state index contributed by atoms with van der Waals surface area (Å²) in [6.45, 7) is 5.80. The van der Waals surface area contributed by atoms with E-state index in [0.717, 1.165) is 24.5 Å². The van der Waals surface area contributed by atoms with Crippen LogP contribution in [0.1, 0.15) is 34.9 Å². The molecule has 3 rings (SSSR count). The van der Waals surface area contributed by atoms with E-state index >= 15 is 0 Å². The minimum absolute atomic E-state index is 0. The van der Waals surface area contributed by atoms with E-state index in [1.807, 2.05) is 28.5 Å². The minimum Gasteiger partial charge on any atom is -0.332 e. The largest absolute Gasteiger partial charge is 0.332 e. The van der Waals surface area contributed by atoms with Crippen molar-refractivity contribution in [2.24, 2.45) is 0 Å². The third-order valence-electron chi connectivity index (χ3n) is 4.26. The topological polar surface area (TPSA) is 45.2 Å². The zero-order valence-electron chi connectivity index (χ0n) is 13.8. The highest BCUT2D eigenvalue weighted by molar-refractivity contribution is 7.09. The van der Waals surface area contributed by atoms with Gasteiger partial charge in [0.25, 0.3) is 5.91 Å². The number of amides is 1. The molecule has 0 aliphatic carbocycles. The Morgan fingerprint density at radius 2 is 2.00 bits per heavy atom. The van der Waals surface area contributed by atoms with Gasteiger partial charge in [-0.3, -0.25) is 4.79 Å². The van der Waals surface area contributed by atoms with Gasteiger partial charge in [-0.05, 0) is 19.4 Å². The molecule has 2 aromatic rings. The highest BCUT2D eigenvalue weighted by Gasteiger charge is 2.29. The molecule has 2 heterocycles. The molecule has 1 amide bonds. The van der Waals surface area contributed by atoms with Gasteiger partial charge >= 0.3 is 0 Å². The van der Waals surface area contributed by atoms with E-state index < -0.39 is 0 Å². The highest BCUT2D eigenvalue weighted by atomic mass is 35.5. The summed E-state index contributed by atoms with van der Waals surface area (Å²) >= 11 is 1.56. The number of benzene rings is 1. The Hall–Kier alpha value is -1.14. The molecule has 0 radical (unpaired) electrons. The van der Waals surface area contributed by atoms with Crippen LogP contribution in [-0.4, -0.2) is 41.0 Å². The van der Waals surface area contributed by atoms with Gasteiger partial charge in [-0.1, -0.05) is 30.3 Å². The van der Waals surface area contributed by atoms with Crippen LogP contribution in [0.15, 0.2) is 35.7 Å². The van der Waals surface area contributed by atoms with Gasteiger partial charge in [-0.15, -0.1) is 36.2 Å². The zero-order valence-corrected chi connectivity index (χ0v) is 16.2. The Kier molecular flexibility index (Phi) is 8.16. The van der Waals surface area contributed by atoms with Crippen LogP contribution in [0.25, 0.3) is 0 Å². The van der Waals surface area contributed by atoms with Crippen molar-refractivity contribution < 1.29 is 4.79 Å². The van der Waals surface area contributed by atoms with Crippen molar-refractivity contribution in [2.45, 2.75) is 32.4 Å². The summed E-state index contributed by atoms with van der Waals surface area (Å²) in [6.07, 6.45) is 0.784. The predicted octanol–water partition coefficient (Wildman–Crippen LogP) is 3.40. The molecule has 0 saturated carbocycles. The minimum atomic E-state index is 0. The molecule has 0 bridgehead atoms. The molecule has 1 N–H and O–H groups in total. The summed E-state index contributed by atoms with van der Waals surface area (Å²) in [7, 11) is 0. The molecule has 7 heteroatoms. The van der Waals surface area contributed by atoms with E-state index in [4.69, 9.17) is 0 Å². The number of hydrogen-bond acceptors (Lipinski definition) is 4. The molecule has 1 fully saturated rings. The molecule has 132 valence electrons. The normalized spacial score (nSPS) is 20.0. The Morgan fingerprint density at radius 3 is 2.71 bits per heavy atom. The average molecular weight is 388 g/mol. The number of aromatic nitrogens is 1. The van der Waals surface area contributed by atoms with Crippen molar-refractivity contribution in [1.82, 2.24) is 15.2 Å².